The minimum atomic E-state index is -0.652. The third-order valence-corrected chi connectivity index (χ3v) is 5.70. The van der Waals surface area contributed by atoms with Gasteiger partial charge in [0.2, 0.25) is 0 Å². The molecule has 1 aromatic carbocycles. The highest BCUT2D eigenvalue weighted by Gasteiger charge is 2.35. The second-order valence-corrected chi connectivity index (χ2v) is 9.95. The van der Waals surface area contributed by atoms with Gasteiger partial charge in [0.15, 0.2) is 5.69 Å². The number of rotatable bonds is 2. The van der Waals surface area contributed by atoms with Crippen molar-refractivity contribution in [1.29, 1.82) is 0 Å². The largest absolute Gasteiger partial charge is 0.455 e. The molecule has 1 N–H and O–H groups in total. The predicted octanol–water partition coefficient (Wildman–Crippen LogP) is 3.92. The van der Waals surface area contributed by atoms with Crippen LogP contribution in [0.2, 0.25) is 5.02 Å². The summed E-state index contributed by atoms with van der Waals surface area (Å²) in [6.45, 7) is 11.5. The zero-order valence-electron chi connectivity index (χ0n) is 18.5. The van der Waals surface area contributed by atoms with Gasteiger partial charge in [-0.2, -0.15) is 0 Å². The van der Waals surface area contributed by atoms with Crippen LogP contribution in [0.1, 0.15) is 55.5 Å². The molecule has 0 unspecified atom stereocenters. The number of halogens is 1. The topological polar surface area (TPSA) is 75.9 Å². The van der Waals surface area contributed by atoms with Gasteiger partial charge in [-0.25, -0.2) is 9.78 Å². The number of nitrogens with zero attached hydrogens (tertiary/aromatic N) is 3. The van der Waals surface area contributed by atoms with Gasteiger partial charge >= 0.3 is 5.97 Å². The Kier molecular flexibility index (Phi) is 5.22. The number of hydrogen-bond acceptors (Lipinski definition) is 5. The Hall–Kier alpha value is -2.64. The number of piperazine rings is 1. The fourth-order valence-electron chi connectivity index (χ4n) is 4.00. The van der Waals surface area contributed by atoms with E-state index in [1.54, 1.807) is 28.9 Å². The van der Waals surface area contributed by atoms with E-state index in [0.29, 0.717) is 34.6 Å². The highest BCUT2D eigenvalue weighted by atomic mass is 35.5. The molecule has 1 amide bonds. The Morgan fingerprint density at radius 3 is 2.61 bits per heavy atom. The Morgan fingerprint density at radius 2 is 1.94 bits per heavy atom. The van der Waals surface area contributed by atoms with Crippen molar-refractivity contribution >= 4 is 39.9 Å². The molecule has 3 heterocycles. The smallest absolute Gasteiger partial charge is 0.359 e. The standard InChI is InChI=1S/C23H27ClN4O3/c1-22(2,3)31-21(30)19-18-11-16(20(29)28-9-8-25-12-23(28,4)5)15-10-14(24)6-7-17(15)27(18)13-26-19/h6-7,10-11,13,25H,8-9,12H2,1-5H3. The quantitative estimate of drug-likeness (QED) is 0.609. The Bertz CT molecular complexity index is 1190. The second kappa shape index (κ2) is 7.50. The van der Waals surface area contributed by atoms with Crippen molar-refractivity contribution in [3.63, 3.8) is 0 Å². The zero-order chi connectivity index (χ0) is 22.6. The van der Waals surface area contributed by atoms with E-state index in [0.717, 1.165) is 12.1 Å². The Balaban J connectivity index is 1.92. The molecule has 164 valence electrons. The van der Waals surface area contributed by atoms with Gasteiger partial charge < -0.3 is 15.0 Å². The van der Waals surface area contributed by atoms with E-state index in [-0.39, 0.29) is 17.1 Å². The van der Waals surface area contributed by atoms with Crippen LogP contribution in [0, 0.1) is 0 Å². The van der Waals surface area contributed by atoms with E-state index in [1.165, 1.54) is 0 Å². The Morgan fingerprint density at radius 1 is 1.19 bits per heavy atom. The van der Waals surface area contributed by atoms with Crippen molar-refractivity contribution < 1.29 is 14.3 Å². The molecule has 0 atom stereocenters. The van der Waals surface area contributed by atoms with E-state index in [1.807, 2.05) is 45.6 Å². The molecule has 7 nitrogen and oxygen atoms in total. The van der Waals surface area contributed by atoms with Crippen molar-refractivity contribution in [2.45, 2.75) is 45.8 Å². The van der Waals surface area contributed by atoms with Gasteiger partial charge in [0.05, 0.1) is 22.1 Å². The Labute approximate surface area is 186 Å². The summed E-state index contributed by atoms with van der Waals surface area (Å²) in [6.07, 6.45) is 1.58. The van der Waals surface area contributed by atoms with Crippen molar-refractivity contribution in [2.75, 3.05) is 19.6 Å². The van der Waals surface area contributed by atoms with Crippen LogP contribution >= 0.6 is 11.6 Å². The molecule has 4 rings (SSSR count). The molecule has 1 saturated heterocycles. The molecule has 0 aliphatic carbocycles. The van der Waals surface area contributed by atoms with Gasteiger partial charge in [0.1, 0.15) is 11.9 Å². The molecule has 31 heavy (non-hydrogen) atoms. The lowest BCUT2D eigenvalue weighted by Gasteiger charge is -2.43. The maximum Gasteiger partial charge on any atom is 0.359 e. The second-order valence-electron chi connectivity index (χ2n) is 9.52. The summed E-state index contributed by atoms with van der Waals surface area (Å²) in [5.41, 5.74) is 0.952. The fraction of sp³-hybridized carbons (Fsp3) is 0.435. The highest BCUT2D eigenvalue weighted by molar-refractivity contribution is 6.31. The number of nitrogens with one attached hydrogen (secondary N) is 1. The van der Waals surface area contributed by atoms with Crippen molar-refractivity contribution in [3.8, 4) is 0 Å². The monoisotopic (exact) mass is 442 g/mol. The average Bonchev–Trinajstić information content (AvgIpc) is 3.09. The first-order chi connectivity index (χ1) is 14.5. The zero-order valence-corrected chi connectivity index (χ0v) is 19.2. The number of imidazole rings is 1. The molecule has 0 radical (unpaired) electrons. The molecule has 8 heteroatoms. The highest BCUT2D eigenvalue weighted by Crippen LogP contribution is 2.30. The number of carbonyl (C=O) groups excluding carboxylic acids is 2. The van der Waals surface area contributed by atoms with Gasteiger partial charge in [-0.3, -0.25) is 9.20 Å². The van der Waals surface area contributed by atoms with Crippen LogP contribution in [-0.4, -0.2) is 56.9 Å². The third kappa shape index (κ3) is 4.00. The molecule has 1 aliphatic rings. The number of fused-ring (bicyclic) bond motifs is 3. The number of amides is 1. The molecule has 2 aromatic heterocycles. The number of aromatic nitrogens is 2. The summed E-state index contributed by atoms with van der Waals surface area (Å²) < 4.78 is 7.33. The molecular formula is C23H27ClN4O3. The van der Waals surface area contributed by atoms with Crippen molar-refractivity contribution in [1.82, 2.24) is 19.6 Å². The van der Waals surface area contributed by atoms with Crippen LogP contribution in [0.25, 0.3) is 16.4 Å². The van der Waals surface area contributed by atoms with Crippen LogP contribution in [-0.2, 0) is 4.74 Å². The molecule has 3 aromatic rings. The summed E-state index contributed by atoms with van der Waals surface area (Å²) in [5, 5.41) is 4.59. The lowest BCUT2D eigenvalue weighted by molar-refractivity contribution is 0.00654. The van der Waals surface area contributed by atoms with Crippen LogP contribution in [0.5, 0.6) is 0 Å². The van der Waals surface area contributed by atoms with Gasteiger partial charge in [-0.15, -0.1) is 0 Å². The molecule has 1 fully saturated rings. The maximum absolute atomic E-state index is 13.7. The normalized spacial score (nSPS) is 16.6. The lowest BCUT2D eigenvalue weighted by Crippen LogP contribution is -2.59. The lowest BCUT2D eigenvalue weighted by atomic mass is 9.97. The first-order valence-corrected chi connectivity index (χ1v) is 10.7. The SMILES string of the molecule is CC(C)(C)OC(=O)c1ncn2c1cc(C(=O)N1CCNCC1(C)C)c1cc(Cl)ccc12. The van der Waals surface area contributed by atoms with Crippen molar-refractivity contribution in [3.05, 3.63) is 46.9 Å². The van der Waals surface area contributed by atoms with Crippen LogP contribution in [0.15, 0.2) is 30.6 Å². The first kappa shape index (κ1) is 21.6. The number of pyridine rings is 1. The predicted molar refractivity (Wildman–Crippen MR) is 121 cm³/mol. The molecule has 0 bridgehead atoms. The third-order valence-electron chi connectivity index (χ3n) is 5.46. The number of esters is 1. The van der Waals surface area contributed by atoms with E-state index >= 15 is 0 Å². The fourth-order valence-corrected chi connectivity index (χ4v) is 4.17. The number of benzene rings is 1. The molecule has 0 saturated carbocycles. The van der Waals surface area contributed by atoms with Gasteiger partial charge in [-0.1, -0.05) is 11.6 Å². The van der Waals surface area contributed by atoms with Gasteiger partial charge in [-0.05, 0) is 58.9 Å². The van der Waals surface area contributed by atoms with E-state index in [9.17, 15) is 9.59 Å². The van der Waals surface area contributed by atoms with Gasteiger partial charge in [0, 0.05) is 30.0 Å². The van der Waals surface area contributed by atoms with E-state index in [2.05, 4.69) is 10.3 Å². The molecular weight excluding hydrogens is 416 g/mol. The van der Waals surface area contributed by atoms with Crippen molar-refractivity contribution in [2.24, 2.45) is 0 Å². The average molecular weight is 443 g/mol. The number of hydrogen-bond donors (Lipinski definition) is 1. The number of ether oxygens (including phenoxy) is 1. The van der Waals surface area contributed by atoms with E-state index in [4.69, 9.17) is 16.3 Å². The summed E-state index contributed by atoms with van der Waals surface area (Å²) >= 11 is 6.28. The van der Waals surface area contributed by atoms with Crippen LogP contribution in [0.3, 0.4) is 0 Å². The maximum atomic E-state index is 13.7. The van der Waals surface area contributed by atoms with E-state index < -0.39 is 11.6 Å². The van der Waals surface area contributed by atoms with Gasteiger partial charge in [0.25, 0.3) is 5.91 Å². The minimum absolute atomic E-state index is 0.0994. The summed E-state index contributed by atoms with van der Waals surface area (Å²) in [4.78, 5) is 32.7. The van der Waals surface area contributed by atoms with Crippen LogP contribution < -0.4 is 5.32 Å². The summed E-state index contributed by atoms with van der Waals surface area (Å²) in [6, 6.07) is 7.11. The molecule has 1 aliphatic heterocycles. The summed E-state index contributed by atoms with van der Waals surface area (Å²) in [5.74, 6) is -0.623. The number of carbonyl (C=O) groups is 2. The minimum Gasteiger partial charge on any atom is -0.455 e. The van der Waals surface area contributed by atoms with Crippen LogP contribution in [0.4, 0.5) is 0 Å². The first-order valence-electron chi connectivity index (χ1n) is 10.3. The summed E-state index contributed by atoms with van der Waals surface area (Å²) in [7, 11) is 0. The molecule has 0 spiro atoms.